The highest BCUT2D eigenvalue weighted by atomic mass is 16.4. The van der Waals surface area contributed by atoms with Gasteiger partial charge in [-0.3, -0.25) is 4.79 Å². The lowest BCUT2D eigenvalue weighted by molar-refractivity contribution is -0.142. The van der Waals surface area contributed by atoms with Crippen molar-refractivity contribution in [1.29, 1.82) is 0 Å². The highest BCUT2D eigenvalue weighted by Crippen LogP contribution is 2.32. The Morgan fingerprint density at radius 1 is 1.11 bits per heavy atom. The maximum atomic E-state index is 11.7. The van der Waals surface area contributed by atoms with E-state index in [-0.39, 0.29) is 24.0 Å². The Balaban J connectivity index is 1.67. The molecule has 2 fully saturated rings. The van der Waals surface area contributed by atoms with Crippen molar-refractivity contribution in [3.8, 4) is 0 Å². The first kappa shape index (κ1) is 13.2. The SMILES string of the molecule is C[C@@H](NC(=O)NC1CCC(C(=O)O)CC1)C1CC1. The fourth-order valence-electron chi connectivity index (χ4n) is 2.63. The van der Waals surface area contributed by atoms with E-state index in [0.717, 1.165) is 12.8 Å². The third kappa shape index (κ3) is 3.62. The molecule has 2 aliphatic rings. The standard InChI is InChI=1S/C13H22N2O3/c1-8(9-2-3-9)14-13(18)15-11-6-4-10(5-7-11)12(16)17/h8-11H,2-7H2,1H3,(H,16,17)(H2,14,15,18)/t8-,10?,11?/m1/s1. The molecule has 0 saturated heterocycles. The molecule has 2 aliphatic carbocycles. The van der Waals surface area contributed by atoms with E-state index in [1.807, 2.05) is 6.92 Å². The minimum atomic E-state index is -0.708. The summed E-state index contributed by atoms with van der Waals surface area (Å²) in [5.41, 5.74) is 0. The van der Waals surface area contributed by atoms with Crippen LogP contribution in [0.15, 0.2) is 0 Å². The number of carbonyl (C=O) groups is 2. The van der Waals surface area contributed by atoms with E-state index < -0.39 is 5.97 Å². The molecule has 0 aromatic rings. The molecule has 0 radical (unpaired) electrons. The molecule has 0 spiro atoms. The first-order chi connectivity index (χ1) is 8.56. The molecule has 0 aliphatic heterocycles. The smallest absolute Gasteiger partial charge is 0.315 e. The average Bonchev–Trinajstić information content (AvgIpc) is 3.13. The lowest BCUT2D eigenvalue weighted by Gasteiger charge is -2.27. The Morgan fingerprint density at radius 3 is 2.22 bits per heavy atom. The number of urea groups is 1. The quantitative estimate of drug-likeness (QED) is 0.715. The molecule has 18 heavy (non-hydrogen) atoms. The van der Waals surface area contributed by atoms with Crippen LogP contribution in [-0.4, -0.2) is 29.2 Å². The van der Waals surface area contributed by atoms with Gasteiger partial charge < -0.3 is 15.7 Å². The summed E-state index contributed by atoms with van der Waals surface area (Å²) in [7, 11) is 0. The van der Waals surface area contributed by atoms with Crippen LogP contribution in [0.2, 0.25) is 0 Å². The van der Waals surface area contributed by atoms with E-state index in [1.165, 1.54) is 12.8 Å². The van der Waals surface area contributed by atoms with Gasteiger partial charge in [0.05, 0.1) is 5.92 Å². The summed E-state index contributed by atoms with van der Waals surface area (Å²) < 4.78 is 0. The minimum Gasteiger partial charge on any atom is -0.481 e. The van der Waals surface area contributed by atoms with Crippen molar-refractivity contribution >= 4 is 12.0 Å². The summed E-state index contributed by atoms with van der Waals surface area (Å²) in [6, 6.07) is 0.278. The van der Waals surface area contributed by atoms with Gasteiger partial charge in [0.15, 0.2) is 0 Å². The van der Waals surface area contributed by atoms with Crippen LogP contribution in [0.3, 0.4) is 0 Å². The van der Waals surface area contributed by atoms with Crippen LogP contribution in [0.1, 0.15) is 45.4 Å². The largest absolute Gasteiger partial charge is 0.481 e. The van der Waals surface area contributed by atoms with Crippen molar-refractivity contribution in [3.05, 3.63) is 0 Å². The molecule has 0 aromatic carbocycles. The van der Waals surface area contributed by atoms with Gasteiger partial charge in [0.2, 0.25) is 0 Å². The summed E-state index contributed by atoms with van der Waals surface area (Å²) >= 11 is 0. The van der Waals surface area contributed by atoms with E-state index >= 15 is 0 Å². The van der Waals surface area contributed by atoms with Crippen LogP contribution in [0, 0.1) is 11.8 Å². The number of carbonyl (C=O) groups excluding carboxylic acids is 1. The van der Waals surface area contributed by atoms with E-state index in [1.54, 1.807) is 0 Å². The molecule has 0 heterocycles. The monoisotopic (exact) mass is 254 g/mol. The van der Waals surface area contributed by atoms with Crippen LogP contribution in [0.5, 0.6) is 0 Å². The van der Waals surface area contributed by atoms with Crippen LogP contribution >= 0.6 is 0 Å². The van der Waals surface area contributed by atoms with Gasteiger partial charge >= 0.3 is 12.0 Å². The molecular weight excluding hydrogens is 232 g/mol. The molecule has 5 heteroatoms. The first-order valence-corrected chi connectivity index (χ1v) is 6.86. The molecule has 0 unspecified atom stereocenters. The fourth-order valence-corrected chi connectivity index (χ4v) is 2.63. The molecule has 0 aromatic heterocycles. The Morgan fingerprint density at radius 2 is 1.72 bits per heavy atom. The summed E-state index contributed by atoms with van der Waals surface area (Å²) in [5.74, 6) is -0.282. The molecular formula is C13H22N2O3. The maximum Gasteiger partial charge on any atom is 0.315 e. The number of hydrogen-bond donors (Lipinski definition) is 3. The molecule has 2 saturated carbocycles. The van der Waals surface area contributed by atoms with Crippen molar-refractivity contribution < 1.29 is 14.7 Å². The van der Waals surface area contributed by atoms with E-state index in [4.69, 9.17) is 5.11 Å². The molecule has 2 amide bonds. The summed E-state index contributed by atoms with van der Waals surface area (Å²) in [4.78, 5) is 22.5. The second-order valence-electron chi connectivity index (χ2n) is 5.63. The number of carboxylic acid groups (broad SMARTS) is 1. The predicted octanol–water partition coefficient (Wildman–Crippen LogP) is 1.73. The third-order valence-electron chi connectivity index (χ3n) is 4.10. The zero-order chi connectivity index (χ0) is 13.1. The normalized spacial score (nSPS) is 29.4. The lowest BCUT2D eigenvalue weighted by atomic mass is 9.86. The van der Waals surface area contributed by atoms with Gasteiger partial charge in [-0.15, -0.1) is 0 Å². The van der Waals surface area contributed by atoms with Gasteiger partial charge in [-0.05, 0) is 51.4 Å². The molecule has 2 rings (SSSR count). The predicted molar refractivity (Wildman–Crippen MR) is 67.2 cm³/mol. The second-order valence-corrected chi connectivity index (χ2v) is 5.63. The van der Waals surface area contributed by atoms with Gasteiger partial charge in [-0.2, -0.15) is 0 Å². The molecule has 3 N–H and O–H groups in total. The maximum absolute atomic E-state index is 11.7. The van der Waals surface area contributed by atoms with Crippen molar-refractivity contribution in [2.75, 3.05) is 0 Å². The first-order valence-electron chi connectivity index (χ1n) is 6.86. The Bertz CT molecular complexity index is 320. The van der Waals surface area contributed by atoms with Crippen LogP contribution in [0.4, 0.5) is 4.79 Å². The van der Waals surface area contributed by atoms with E-state index in [9.17, 15) is 9.59 Å². The van der Waals surface area contributed by atoms with Crippen LogP contribution in [0.25, 0.3) is 0 Å². The summed E-state index contributed by atoms with van der Waals surface area (Å²) in [6.07, 6.45) is 5.29. The van der Waals surface area contributed by atoms with Gasteiger partial charge in [-0.1, -0.05) is 0 Å². The van der Waals surface area contributed by atoms with Crippen LogP contribution in [-0.2, 0) is 4.79 Å². The van der Waals surface area contributed by atoms with Gasteiger partial charge in [-0.25, -0.2) is 4.79 Å². The van der Waals surface area contributed by atoms with Crippen molar-refractivity contribution in [1.82, 2.24) is 10.6 Å². The van der Waals surface area contributed by atoms with Gasteiger partial charge in [0.25, 0.3) is 0 Å². The third-order valence-corrected chi connectivity index (χ3v) is 4.10. The number of rotatable bonds is 4. The number of carboxylic acids is 1. The summed E-state index contributed by atoms with van der Waals surface area (Å²) in [6.45, 7) is 2.04. The second kappa shape index (κ2) is 5.59. The van der Waals surface area contributed by atoms with E-state index in [0.29, 0.717) is 18.8 Å². The highest BCUT2D eigenvalue weighted by molar-refractivity contribution is 5.74. The minimum absolute atomic E-state index is 0.104. The zero-order valence-corrected chi connectivity index (χ0v) is 10.8. The number of nitrogens with one attached hydrogen (secondary N) is 2. The Hall–Kier alpha value is -1.26. The molecule has 5 nitrogen and oxygen atoms in total. The number of amides is 2. The zero-order valence-electron chi connectivity index (χ0n) is 10.8. The number of hydrogen-bond acceptors (Lipinski definition) is 2. The molecule has 1 atom stereocenters. The molecule has 102 valence electrons. The Kier molecular flexibility index (Phi) is 4.09. The van der Waals surface area contributed by atoms with Crippen molar-refractivity contribution in [2.24, 2.45) is 11.8 Å². The van der Waals surface area contributed by atoms with Crippen molar-refractivity contribution in [3.63, 3.8) is 0 Å². The van der Waals surface area contributed by atoms with Gasteiger partial charge in [0.1, 0.15) is 0 Å². The summed E-state index contributed by atoms with van der Waals surface area (Å²) in [5, 5.41) is 14.8. The Labute approximate surface area is 107 Å². The lowest BCUT2D eigenvalue weighted by Crippen LogP contribution is -2.47. The fraction of sp³-hybridized carbons (Fsp3) is 0.846. The van der Waals surface area contributed by atoms with Crippen molar-refractivity contribution in [2.45, 2.75) is 57.5 Å². The average molecular weight is 254 g/mol. The topological polar surface area (TPSA) is 78.4 Å². The van der Waals surface area contributed by atoms with Crippen LogP contribution < -0.4 is 10.6 Å². The number of aliphatic carboxylic acids is 1. The van der Waals surface area contributed by atoms with Gasteiger partial charge in [0, 0.05) is 12.1 Å². The molecule has 0 bridgehead atoms. The highest BCUT2D eigenvalue weighted by Gasteiger charge is 2.30. The van der Waals surface area contributed by atoms with E-state index in [2.05, 4.69) is 10.6 Å².